The number of nitrogens with zero attached hydrogens (tertiary/aromatic N) is 1. The van der Waals surface area contributed by atoms with Crippen LogP contribution in [0.1, 0.15) is 18.2 Å². The van der Waals surface area contributed by atoms with Gasteiger partial charge < -0.3 is 10.2 Å². The highest BCUT2D eigenvalue weighted by Gasteiger charge is 1.99. The third-order valence-corrected chi connectivity index (χ3v) is 2.96. The molecule has 0 unspecified atom stereocenters. The first-order valence-corrected chi connectivity index (χ1v) is 6.12. The van der Waals surface area contributed by atoms with Crippen molar-refractivity contribution < 1.29 is 0 Å². The molecule has 0 aliphatic rings. The van der Waals surface area contributed by atoms with Crippen LogP contribution in [0.2, 0.25) is 0 Å². The van der Waals surface area contributed by atoms with Gasteiger partial charge in [0, 0.05) is 24.5 Å². The van der Waals surface area contributed by atoms with Crippen molar-refractivity contribution in [1.82, 2.24) is 10.2 Å². The number of thiophene rings is 1. The van der Waals surface area contributed by atoms with Crippen LogP contribution in [0.4, 0.5) is 0 Å². The highest BCUT2D eigenvalue weighted by Crippen LogP contribution is 2.10. The fraction of sp³-hybridized carbons (Fsp3) is 0.636. The molecule has 2 nitrogen and oxygen atoms in total. The second-order valence-corrected chi connectivity index (χ2v) is 4.60. The molecule has 80 valence electrons. The van der Waals surface area contributed by atoms with Crippen molar-refractivity contribution in [3.63, 3.8) is 0 Å². The van der Waals surface area contributed by atoms with Crippen LogP contribution in [-0.4, -0.2) is 31.6 Å². The Morgan fingerprint density at radius 2 is 2.29 bits per heavy atom. The number of rotatable bonds is 7. The molecule has 1 rings (SSSR count). The van der Waals surface area contributed by atoms with Gasteiger partial charge in [0.1, 0.15) is 0 Å². The smallest absolute Gasteiger partial charge is 0.0325 e. The second-order valence-electron chi connectivity index (χ2n) is 3.57. The zero-order valence-corrected chi connectivity index (χ0v) is 9.94. The summed E-state index contributed by atoms with van der Waals surface area (Å²) < 4.78 is 0. The Bertz CT molecular complexity index is 221. The minimum Gasteiger partial charge on any atom is -0.315 e. The fourth-order valence-corrected chi connectivity index (χ4v) is 2.10. The van der Waals surface area contributed by atoms with Crippen molar-refractivity contribution in [3.8, 4) is 0 Å². The zero-order valence-electron chi connectivity index (χ0n) is 9.12. The van der Waals surface area contributed by atoms with Gasteiger partial charge in [0.25, 0.3) is 0 Å². The molecule has 1 aromatic heterocycles. The molecule has 1 aromatic rings. The topological polar surface area (TPSA) is 15.3 Å². The van der Waals surface area contributed by atoms with E-state index in [0.717, 1.165) is 26.2 Å². The van der Waals surface area contributed by atoms with E-state index in [1.165, 1.54) is 11.3 Å². The van der Waals surface area contributed by atoms with E-state index in [0.29, 0.717) is 0 Å². The Balaban J connectivity index is 2.07. The first kappa shape index (κ1) is 11.7. The Morgan fingerprint density at radius 1 is 1.43 bits per heavy atom. The number of hydrogen-bond acceptors (Lipinski definition) is 3. The highest BCUT2D eigenvalue weighted by molar-refractivity contribution is 7.09. The molecule has 0 saturated carbocycles. The van der Waals surface area contributed by atoms with E-state index in [2.05, 4.69) is 41.7 Å². The van der Waals surface area contributed by atoms with Crippen molar-refractivity contribution in [2.45, 2.75) is 19.9 Å². The summed E-state index contributed by atoms with van der Waals surface area (Å²) in [4.78, 5) is 3.80. The molecule has 0 bridgehead atoms. The van der Waals surface area contributed by atoms with Crippen LogP contribution in [-0.2, 0) is 6.54 Å². The number of likely N-dealkylation sites (N-methyl/N-ethyl adjacent to an activating group) is 1. The molecule has 0 spiro atoms. The fourth-order valence-electron chi connectivity index (χ4n) is 1.32. The molecule has 0 saturated heterocycles. The first-order valence-electron chi connectivity index (χ1n) is 5.24. The quantitative estimate of drug-likeness (QED) is 0.697. The molecule has 14 heavy (non-hydrogen) atoms. The van der Waals surface area contributed by atoms with Crippen LogP contribution < -0.4 is 5.32 Å². The van der Waals surface area contributed by atoms with E-state index in [4.69, 9.17) is 0 Å². The van der Waals surface area contributed by atoms with Crippen LogP contribution in [0, 0.1) is 0 Å². The molecule has 0 atom stereocenters. The van der Waals surface area contributed by atoms with Crippen LogP contribution >= 0.6 is 11.3 Å². The Labute approximate surface area is 90.9 Å². The number of hydrogen-bond donors (Lipinski definition) is 1. The maximum atomic E-state index is 3.41. The Kier molecular flexibility index (Phi) is 5.83. The van der Waals surface area contributed by atoms with Crippen LogP contribution in [0.15, 0.2) is 17.5 Å². The van der Waals surface area contributed by atoms with E-state index >= 15 is 0 Å². The van der Waals surface area contributed by atoms with Gasteiger partial charge in [-0.15, -0.1) is 11.3 Å². The van der Waals surface area contributed by atoms with E-state index < -0.39 is 0 Å². The van der Waals surface area contributed by atoms with Crippen molar-refractivity contribution >= 4 is 11.3 Å². The lowest BCUT2D eigenvalue weighted by atomic mass is 10.4. The summed E-state index contributed by atoms with van der Waals surface area (Å²) in [5.74, 6) is 0. The molecule has 1 heterocycles. The van der Waals surface area contributed by atoms with Gasteiger partial charge in [-0.2, -0.15) is 0 Å². The van der Waals surface area contributed by atoms with Gasteiger partial charge in [0.2, 0.25) is 0 Å². The lowest BCUT2D eigenvalue weighted by Crippen LogP contribution is -2.29. The van der Waals surface area contributed by atoms with Crippen molar-refractivity contribution in [3.05, 3.63) is 22.4 Å². The van der Waals surface area contributed by atoms with Gasteiger partial charge in [-0.25, -0.2) is 0 Å². The zero-order chi connectivity index (χ0) is 10.2. The normalized spacial score (nSPS) is 11.1. The van der Waals surface area contributed by atoms with Gasteiger partial charge in [0.15, 0.2) is 0 Å². The third-order valence-electron chi connectivity index (χ3n) is 2.10. The van der Waals surface area contributed by atoms with Gasteiger partial charge in [0.05, 0.1) is 0 Å². The lowest BCUT2D eigenvalue weighted by molar-refractivity contribution is 0.327. The van der Waals surface area contributed by atoms with Gasteiger partial charge in [-0.05, 0) is 31.5 Å². The average Bonchev–Trinajstić information content (AvgIpc) is 2.65. The van der Waals surface area contributed by atoms with Crippen molar-refractivity contribution in [2.75, 3.05) is 26.7 Å². The van der Waals surface area contributed by atoms with Crippen LogP contribution in [0.25, 0.3) is 0 Å². The van der Waals surface area contributed by atoms with Gasteiger partial charge in [-0.1, -0.05) is 13.0 Å². The largest absolute Gasteiger partial charge is 0.315 e. The van der Waals surface area contributed by atoms with Crippen LogP contribution in [0.5, 0.6) is 0 Å². The molecule has 0 fully saturated rings. The summed E-state index contributed by atoms with van der Waals surface area (Å²) in [6.07, 6.45) is 1.22. The molecular weight excluding hydrogens is 192 g/mol. The molecule has 0 aliphatic heterocycles. The minimum atomic E-state index is 1.07. The lowest BCUT2D eigenvalue weighted by Gasteiger charge is -2.15. The number of nitrogens with one attached hydrogen (secondary N) is 1. The molecule has 0 aliphatic carbocycles. The average molecular weight is 212 g/mol. The van der Waals surface area contributed by atoms with E-state index in [-0.39, 0.29) is 0 Å². The molecular formula is C11H20N2S. The summed E-state index contributed by atoms with van der Waals surface area (Å²) >= 11 is 1.83. The molecule has 1 N–H and O–H groups in total. The summed E-state index contributed by atoms with van der Waals surface area (Å²) in [5, 5.41) is 5.54. The highest BCUT2D eigenvalue weighted by atomic mass is 32.1. The molecule has 0 radical (unpaired) electrons. The van der Waals surface area contributed by atoms with Gasteiger partial charge >= 0.3 is 0 Å². The summed E-state index contributed by atoms with van der Waals surface area (Å²) in [6, 6.07) is 4.31. The van der Waals surface area contributed by atoms with E-state index in [1.54, 1.807) is 0 Å². The predicted molar refractivity (Wildman–Crippen MR) is 63.8 cm³/mol. The third kappa shape index (κ3) is 4.74. The SMILES string of the molecule is CCCNCCN(C)Cc1cccs1. The first-order chi connectivity index (χ1) is 6.83. The molecule has 3 heteroatoms. The van der Waals surface area contributed by atoms with E-state index in [1.807, 2.05) is 11.3 Å². The monoisotopic (exact) mass is 212 g/mol. The summed E-state index contributed by atoms with van der Waals surface area (Å²) in [7, 11) is 2.17. The maximum Gasteiger partial charge on any atom is 0.0325 e. The molecule has 0 amide bonds. The minimum absolute atomic E-state index is 1.07. The van der Waals surface area contributed by atoms with Crippen molar-refractivity contribution in [1.29, 1.82) is 0 Å². The van der Waals surface area contributed by atoms with Crippen LogP contribution in [0.3, 0.4) is 0 Å². The van der Waals surface area contributed by atoms with E-state index in [9.17, 15) is 0 Å². The molecule has 0 aromatic carbocycles. The summed E-state index contributed by atoms with van der Waals surface area (Å²) in [6.45, 7) is 6.62. The standard InChI is InChI=1S/C11H20N2S/c1-3-6-12-7-8-13(2)10-11-5-4-9-14-11/h4-5,9,12H,3,6-8,10H2,1-2H3. The van der Waals surface area contributed by atoms with Gasteiger partial charge in [-0.3, -0.25) is 0 Å². The van der Waals surface area contributed by atoms with Crippen molar-refractivity contribution in [2.24, 2.45) is 0 Å². The maximum absolute atomic E-state index is 3.41. The second kappa shape index (κ2) is 6.98. The predicted octanol–water partition coefficient (Wildman–Crippen LogP) is 2.18. The Morgan fingerprint density at radius 3 is 2.93 bits per heavy atom. The summed E-state index contributed by atoms with van der Waals surface area (Å²) in [5.41, 5.74) is 0. The Hall–Kier alpha value is -0.380.